The molecule has 0 aromatic carbocycles. The number of aromatic nitrogens is 2. The number of nitrogens with two attached hydrogens (primary N) is 1. The third-order valence-electron chi connectivity index (χ3n) is 4.17. The normalized spacial score (nSPS) is 17.5. The Morgan fingerprint density at radius 1 is 1.24 bits per heavy atom. The van der Waals surface area contributed by atoms with Crippen molar-refractivity contribution in [1.29, 1.82) is 0 Å². The largest absolute Gasteiger partial charge is 0.476 e. The lowest BCUT2D eigenvalue weighted by atomic mass is 9.88. The van der Waals surface area contributed by atoms with Gasteiger partial charge in [-0.3, -0.25) is 0 Å². The first-order valence-electron chi connectivity index (χ1n) is 8.22. The molecule has 2 rings (SSSR count). The lowest BCUT2D eigenvalue weighted by Gasteiger charge is -2.23. The average Bonchev–Trinajstić information content (AvgIpc) is 2.52. The van der Waals surface area contributed by atoms with Gasteiger partial charge in [0.15, 0.2) is 5.82 Å². The smallest absolute Gasteiger partial charge is 0.242 e. The number of hydrogen-bond donors (Lipinski definition) is 2. The first-order chi connectivity index (χ1) is 10.2. The van der Waals surface area contributed by atoms with Gasteiger partial charge in [0.05, 0.1) is 6.61 Å². The Bertz CT molecular complexity index is 458. The van der Waals surface area contributed by atoms with Gasteiger partial charge in [-0.1, -0.05) is 26.2 Å². The standard InChI is InChI=1S/C16H28N4O/c1-4-11(3)18-15-13(17)16(21-5-2)20-14(19-15)12-9-7-6-8-10-12/h11-12H,4-10,17H2,1-3H3,(H,18,19,20). The number of anilines is 2. The minimum absolute atomic E-state index is 0.330. The summed E-state index contributed by atoms with van der Waals surface area (Å²) in [5.74, 6) is 2.58. The van der Waals surface area contributed by atoms with E-state index in [9.17, 15) is 0 Å². The zero-order valence-electron chi connectivity index (χ0n) is 13.5. The molecule has 118 valence electrons. The van der Waals surface area contributed by atoms with Gasteiger partial charge in [0.2, 0.25) is 5.88 Å². The zero-order chi connectivity index (χ0) is 15.2. The van der Waals surface area contributed by atoms with Crippen molar-refractivity contribution < 1.29 is 4.74 Å². The Hall–Kier alpha value is -1.52. The van der Waals surface area contributed by atoms with Crippen molar-refractivity contribution in [1.82, 2.24) is 9.97 Å². The molecule has 0 radical (unpaired) electrons. The maximum absolute atomic E-state index is 6.16. The van der Waals surface area contributed by atoms with Crippen LogP contribution in [0.15, 0.2) is 0 Å². The monoisotopic (exact) mass is 292 g/mol. The van der Waals surface area contributed by atoms with Crippen LogP contribution in [0.25, 0.3) is 0 Å². The Morgan fingerprint density at radius 2 is 1.95 bits per heavy atom. The van der Waals surface area contributed by atoms with Gasteiger partial charge in [-0.15, -0.1) is 0 Å². The molecule has 1 aromatic rings. The summed E-state index contributed by atoms with van der Waals surface area (Å²) >= 11 is 0. The second kappa shape index (κ2) is 7.48. The summed E-state index contributed by atoms with van der Waals surface area (Å²) in [6, 6.07) is 0.330. The minimum Gasteiger partial charge on any atom is -0.476 e. The van der Waals surface area contributed by atoms with E-state index in [-0.39, 0.29) is 0 Å². The predicted octanol–water partition coefficient (Wildman–Crippen LogP) is 3.72. The van der Waals surface area contributed by atoms with Crippen LogP contribution in [0.2, 0.25) is 0 Å². The summed E-state index contributed by atoms with van der Waals surface area (Å²) < 4.78 is 5.61. The highest BCUT2D eigenvalue weighted by Gasteiger charge is 2.22. The lowest BCUT2D eigenvalue weighted by molar-refractivity contribution is 0.324. The summed E-state index contributed by atoms with van der Waals surface area (Å²) in [7, 11) is 0. The Morgan fingerprint density at radius 3 is 2.57 bits per heavy atom. The molecule has 1 aliphatic carbocycles. The number of nitrogens with one attached hydrogen (secondary N) is 1. The van der Waals surface area contributed by atoms with Crippen molar-refractivity contribution in [2.45, 2.75) is 71.3 Å². The second-order valence-corrected chi connectivity index (χ2v) is 5.87. The van der Waals surface area contributed by atoms with E-state index < -0.39 is 0 Å². The van der Waals surface area contributed by atoms with Gasteiger partial charge in [-0.2, -0.15) is 4.98 Å². The highest BCUT2D eigenvalue weighted by atomic mass is 16.5. The predicted molar refractivity (Wildman–Crippen MR) is 86.8 cm³/mol. The third-order valence-corrected chi connectivity index (χ3v) is 4.17. The minimum atomic E-state index is 0.330. The van der Waals surface area contributed by atoms with E-state index in [1.54, 1.807) is 0 Å². The van der Waals surface area contributed by atoms with Crippen molar-refractivity contribution in [2.24, 2.45) is 0 Å². The molecule has 0 amide bonds. The van der Waals surface area contributed by atoms with Crippen molar-refractivity contribution in [3.63, 3.8) is 0 Å². The Kier molecular flexibility index (Phi) is 5.65. The molecule has 5 nitrogen and oxygen atoms in total. The number of rotatable bonds is 6. The topological polar surface area (TPSA) is 73.1 Å². The molecule has 5 heteroatoms. The van der Waals surface area contributed by atoms with E-state index in [2.05, 4.69) is 24.1 Å². The van der Waals surface area contributed by atoms with Crippen molar-refractivity contribution in [3.05, 3.63) is 5.82 Å². The van der Waals surface area contributed by atoms with Crippen LogP contribution in [-0.4, -0.2) is 22.6 Å². The molecule has 1 saturated carbocycles. The van der Waals surface area contributed by atoms with E-state index in [4.69, 9.17) is 15.5 Å². The highest BCUT2D eigenvalue weighted by molar-refractivity contribution is 5.67. The molecular weight excluding hydrogens is 264 g/mol. The molecule has 1 aliphatic rings. The Balaban J connectivity index is 2.30. The van der Waals surface area contributed by atoms with E-state index in [1.807, 2.05) is 6.92 Å². The number of hydrogen-bond acceptors (Lipinski definition) is 5. The first kappa shape index (κ1) is 15.9. The fourth-order valence-corrected chi connectivity index (χ4v) is 2.70. The van der Waals surface area contributed by atoms with Crippen LogP contribution in [0, 0.1) is 0 Å². The van der Waals surface area contributed by atoms with Crippen molar-refractivity contribution in [2.75, 3.05) is 17.7 Å². The number of nitrogens with zero attached hydrogens (tertiary/aromatic N) is 2. The van der Waals surface area contributed by atoms with E-state index in [1.165, 1.54) is 19.3 Å². The second-order valence-electron chi connectivity index (χ2n) is 5.87. The molecule has 0 saturated heterocycles. The SMILES string of the molecule is CCOc1nc(C2CCCCC2)nc(NC(C)CC)c1N. The van der Waals surface area contributed by atoms with Crippen LogP contribution in [0.3, 0.4) is 0 Å². The molecule has 0 aliphatic heterocycles. The van der Waals surface area contributed by atoms with E-state index in [0.717, 1.165) is 30.9 Å². The maximum Gasteiger partial charge on any atom is 0.242 e. The number of nitrogen functional groups attached to an aromatic ring is 1. The van der Waals surface area contributed by atoms with Gasteiger partial charge in [0, 0.05) is 12.0 Å². The molecule has 3 N–H and O–H groups in total. The van der Waals surface area contributed by atoms with Gasteiger partial charge in [-0.05, 0) is 33.1 Å². The molecule has 21 heavy (non-hydrogen) atoms. The van der Waals surface area contributed by atoms with Gasteiger partial charge < -0.3 is 15.8 Å². The molecular formula is C16H28N4O. The van der Waals surface area contributed by atoms with Gasteiger partial charge in [0.25, 0.3) is 0 Å². The quantitative estimate of drug-likeness (QED) is 0.836. The van der Waals surface area contributed by atoms with Gasteiger partial charge >= 0.3 is 0 Å². The van der Waals surface area contributed by atoms with Crippen molar-refractivity contribution >= 4 is 11.5 Å². The fourth-order valence-electron chi connectivity index (χ4n) is 2.70. The van der Waals surface area contributed by atoms with Crippen molar-refractivity contribution in [3.8, 4) is 5.88 Å². The van der Waals surface area contributed by atoms with Gasteiger partial charge in [0.1, 0.15) is 11.5 Å². The summed E-state index contributed by atoms with van der Waals surface area (Å²) in [6.07, 6.45) is 7.19. The number of ether oxygens (including phenoxy) is 1. The zero-order valence-corrected chi connectivity index (χ0v) is 13.5. The molecule has 0 spiro atoms. The molecule has 0 bridgehead atoms. The Labute approximate surface area is 127 Å². The molecule has 1 atom stereocenters. The van der Waals surface area contributed by atoms with Crippen LogP contribution in [0.1, 0.15) is 71.0 Å². The third kappa shape index (κ3) is 3.99. The van der Waals surface area contributed by atoms with Crippen LogP contribution in [0.5, 0.6) is 5.88 Å². The average molecular weight is 292 g/mol. The summed E-state index contributed by atoms with van der Waals surface area (Å²) in [5.41, 5.74) is 6.68. The van der Waals surface area contributed by atoms with Crippen LogP contribution < -0.4 is 15.8 Å². The molecule has 1 aromatic heterocycles. The lowest BCUT2D eigenvalue weighted by Crippen LogP contribution is -2.19. The molecule has 1 fully saturated rings. The van der Waals surface area contributed by atoms with Gasteiger partial charge in [-0.25, -0.2) is 4.98 Å². The maximum atomic E-state index is 6.16. The summed E-state index contributed by atoms with van der Waals surface area (Å²) in [4.78, 5) is 9.28. The summed E-state index contributed by atoms with van der Waals surface area (Å²) in [5, 5.41) is 3.38. The molecule has 1 unspecified atom stereocenters. The molecule has 1 heterocycles. The van der Waals surface area contributed by atoms with E-state index >= 15 is 0 Å². The summed E-state index contributed by atoms with van der Waals surface area (Å²) in [6.45, 7) is 6.78. The van der Waals surface area contributed by atoms with Crippen LogP contribution in [-0.2, 0) is 0 Å². The first-order valence-corrected chi connectivity index (χ1v) is 8.22. The highest BCUT2D eigenvalue weighted by Crippen LogP contribution is 2.35. The fraction of sp³-hybridized carbons (Fsp3) is 0.750. The van der Waals surface area contributed by atoms with Crippen LogP contribution >= 0.6 is 0 Å². The van der Waals surface area contributed by atoms with E-state index in [0.29, 0.717) is 30.1 Å². The van der Waals surface area contributed by atoms with Crippen LogP contribution in [0.4, 0.5) is 11.5 Å².